The van der Waals surface area contributed by atoms with Gasteiger partial charge in [-0.2, -0.15) is 0 Å². The number of nitrogens with zero attached hydrogens (tertiary/aromatic N) is 2. The number of hydrogen-bond acceptors (Lipinski definition) is 3. The first-order valence-electron chi connectivity index (χ1n) is 10.4. The average molecular weight is 408 g/mol. The van der Waals surface area contributed by atoms with Crippen molar-refractivity contribution in [2.45, 2.75) is 46.6 Å². The Morgan fingerprint density at radius 1 is 1.03 bits per heavy atom. The van der Waals surface area contributed by atoms with E-state index >= 15 is 0 Å². The summed E-state index contributed by atoms with van der Waals surface area (Å²) in [7, 11) is 0. The molecule has 158 valence electrons. The molecule has 1 N–H and O–H groups in total. The number of carbonyl (C=O) groups excluding carboxylic acids is 3. The number of urea groups is 1. The van der Waals surface area contributed by atoms with E-state index in [1.807, 2.05) is 57.2 Å². The molecule has 0 radical (unpaired) electrons. The van der Waals surface area contributed by atoms with Crippen LogP contribution in [0.2, 0.25) is 0 Å². The lowest BCUT2D eigenvalue weighted by Gasteiger charge is -2.23. The summed E-state index contributed by atoms with van der Waals surface area (Å²) in [6.45, 7) is 8.40. The van der Waals surface area contributed by atoms with Crippen LogP contribution < -0.4 is 10.2 Å². The predicted molar refractivity (Wildman–Crippen MR) is 118 cm³/mol. The normalized spacial score (nSPS) is 16.5. The van der Waals surface area contributed by atoms with Gasteiger partial charge in [-0.1, -0.05) is 50.6 Å². The molecule has 0 aliphatic carbocycles. The Balaban J connectivity index is 1.79. The highest BCUT2D eigenvalue weighted by Crippen LogP contribution is 2.28. The van der Waals surface area contributed by atoms with Crippen LogP contribution >= 0.6 is 0 Å². The van der Waals surface area contributed by atoms with Gasteiger partial charge in [0.1, 0.15) is 6.04 Å². The molecule has 1 fully saturated rings. The molecule has 1 aliphatic heterocycles. The Kier molecular flexibility index (Phi) is 6.55. The van der Waals surface area contributed by atoms with Crippen LogP contribution in [0.3, 0.4) is 0 Å². The van der Waals surface area contributed by atoms with Gasteiger partial charge in [-0.25, -0.2) is 9.69 Å². The van der Waals surface area contributed by atoms with Crippen molar-refractivity contribution in [3.8, 4) is 0 Å². The van der Waals surface area contributed by atoms with Crippen LogP contribution in [0.5, 0.6) is 0 Å². The van der Waals surface area contributed by atoms with Gasteiger partial charge in [-0.15, -0.1) is 0 Å². The molecular formula is C24H29N3O3. The van der Waals surface area contributed by atoms with E-state index in [9.17, 15) is 14.4 Å². The molecule has 0 bridgehead atoms. The standard InChI is InChI=1S/C24H29N3O3/c1-5-18-8-10-19(11-9-18)25-22(28)14-21-23(29)27(20-12-6-17(4)7-13-20)24(30)26(21)15-16(2)3/h6-13,16,21H,5,14-15H2,1-4H3,(H,25,28)/t21-/m1/s1. The Bertz CT molecular complexity index is 920. The minimum atomic E-state index is -0.809. The third kappa shape index (κ3) is 4.70. The molecule has 2 aromatic rings. The number of benzene rings is 2. The lowest BCUT2D eigenvalue weighted by Crippen LogP contribution is -2.40. The molecule has 1 saturated heterocycles. The third-order valence-corrected chi connectivity index (χ3v) is 5.20. The van der Waals surface area contributed by atoms with Crippen molar-refractivity contribution >= 4 is 29.2 Å². The molecule has 1 heterocycles. The molecule has 30 heavy (non-hydrogen) atoms. The second kappa shape index (κ2) is 9.11. The van der Waals surface area contributed by atoms with E-state index in [0.717, 1.165) is 12.0 Å². The molecule has 1 atom stereocenters. The molecule has 1 aliphatic rings. The Hall–Kier alpha value is -3.15. The van der Waals surface area contributed by atoms with E-state index in [1.165, 1.54) is 15.4 Å². The van der Waals surface area contributed by atoms with E-state index in [1.54, 1.807) is 12.1 Å². The van der Waals surface area contributed by atoms with Crippen molar-refractivity contribution < 1.29 is 14.4 Å². The highest BCUT2D eigenvalue weighted by atomic mass is 16.2. The molecule has 6 heteroatoms. The summed E-state index contributed by atoms with van der Waals surface area (Å²) in [6.07, 6.45) is 0.848. The van der Waals surface area contributed by atoms with Gasteiger partial charge in [-0.05, 0) is 49.1 Å². The number of aryl methyl sites for hydroxylation is 2. The number of rotatable bonds is 7. The highest BCUT2D eigenvalue weighted by molar-refractivity contribution is 6.22. The van der Waals surface area contributed by atoms with Gasteiger partial charge in [0.15, 0.2) is 0 Å². The zero-order valence-corrected chi connectivity index (χ0v) is 18.0. The second-order valence-corrected chi connectivity index (χ2v) is 8.16. The van der Waals surface area contributed by atoms with Crippen LogP contribution in [-0.2, 0) is 16.0 Å². The fourth-order valence-corrected chi connectivity index (χ4v) is 3.58. The van der Waals surface area contributed by atoms with Crippen LogP contribution in [0.4, 0.5) is 16.2 Å². The molecule has 4 amide bonds. The number of amides is 4. The van der Waals surface area contributed by atoms with Crippen molar-refractivity contribution in [1.29, 1.82) is 0 Å². The largest absolute Gasteiger partial charge is 0.332 e. The maximum Gasteiger partial charge on any atom is 0.332 e. The van der Waals surface area contributed by atoms with Crippen molar-refractivity contribution in [2.75, 3.05) is 16.8 Å². The monoisotopic (exact) mass is 407 g/mol. The number of nitrogens with one attached hydrogen (secondary N) is 1. The van der Waals surface area contributed by atoms with Gasteiger partial charge in [0.25, 0.3) is 5.91 Å². The first-order chi connectivity index (χ1) is 14.3. The predicted octanol–water partition coefficient (Wildman–Crippen LogP) is 4.38. The molecular weight excluding hydrogens is 378 g/mol. The van der Waals surface area contributed by atoms with E-state index in [2.05, 4.69) is 12.2 Å². The summed E-state index contributed by atoms with van der Waals surface area (Å²) in [5, 5.41) is 2.84. The van der Waals surface area contributed by atoms with Gasteiger partial charge in [-0.3, -0.25) is 9.59 Å². The summed E-state index contributed by atoms with van der Waals surface area (Å²) < 4.78 is 0. The summed E-state index contributed by atoms with van der Waals surface area (Å²) in [4.78, 5) is 41.6. The minimum Gasteiger partial charge on any atom is -0.326 e. The lowest BCUT2D eigenvalue weighted by atomic mass is 10.1. The number of imide groups is 1. The molecule has 0 saturated carbocycles. The SMILES string of the molecule is CCc1ccc(NC(=O)C[C@@H]2C(=O)N(c3ccc(C)cc3)C(=O)N2CC(C)C)cc1. The molecule has 0 unspecified atom stereocenters. The summed E-state index contributed by atoms with van der Waals surface area (Å²) in [5.74, 6) is -0.474. The van der Waals surface area contributed by atoms with Crippen LogP contribution in [0.1, 0.15) is 38.3 Å². The first kappa shape index (κ1) is 21.6. The maximum absolute atomic E-state index is 13.1. The molecule has 3 rings (SSSR count). The first-order valence-corrected chi connectivity index (χ1v) is 10.4. The van der Waals surface area contributed by atoms with Crippen LogP contribution in [0, 0.1) is 12.8 Å². The fraction of sp³-hybridized carbons (Fsp3) is 0.375. The topological polar surface area (TPSA) is 69.7 Å². The third-order valence-electron chi connectivity index (χ3n) is 5.20. The Morgan fingerprint density at radius 3 is 2.23 bits per heavy atom. The van der Waals surface area contributed by atoms with E-state index < -0.39 is 6.04 Å². The van der Waals surface area contributed by atoms with E-state index in [4.69, 9.17) is 0 Å². The van der Waals surface area contributed by atoms with Gasteiger partial charge >= 0.3 is 6.03 Å². The van der Waals surface area contributed by atoms with Gasteiger partial charge < -0.3 is 10.2 Å². The number of carbonyl (C=O) groups is 3. The summed E-state index contributed by atoms with van der Waals surface area (Å²) in [5.41, 5.74) is 3.44. The average Bonchev–Trinajstić information content (AvgIpc) is 2.93. The number of anilines is 2. The second-order valence-electron chi connectivity index (χ2n) is 8.16. The van der Waals surface area contributed by atoms with Gasteiger partial charge in [0.05, 0.1) is 12.1 Å². The zero-order chi connectivity index (χ0) is 21.8. The van der Waals surface area contributed by atoms with Crippen molar-refractivity contribution in [3.63, 3.8) is 0 Å². The van der Waals surface area contributed by atoms with Crippen molar-refractivity contribution in [1.82, 2.24) is 4.90 Å². The fourth-order valence-electron chi connectivity index (χ4n) is 3.58. The highest BCUT2D eigenvalue weighted by Gasteiger charge is 2.46. The molecule has 6 nitrogen and oxygen atoms in total. The maximum atomic E-state index is 13.1. The lowest BCUT2D eigenvalue weighted by molar-refractivity contribution is -0.124. The minimum absolute atomic E-state index is 0.0742. The van der Waals surface area contributed by atoms with Crippen molar-refractivity contribution in [3.05, 3.63) is 59.7 Å². The molecule has 0 aromatic heterocycles. The van der Waals surface area contributed by atoms with Gasteiger partial charge in [0.2, 0.25) is 5.91 Å². The van der Waals surface area contributed by atoms with Crippen molar-refractivity contribution in [2.24, 2.45) is 5.92 Å². The van der Waals surface area contributed by atoms with Crippen LogP contribution in [0.25, 0.3) is 0 Å². The molecule has 2 aromatic carbocycles. The zero-order valence-electron chi connectivity index (χ0n) is 18.0. The number of hydrogen-bond donors (Lipinski definition) is 1. The van der Waals surface area contributed by atoms with Crippen LogP contribution in [0.15, 0.2) is 48.5 Å². The smallest absolute Gasteiger partial charge is 0.326 e. The summed E-state index contributed by atoms with van der Waals surface area (Å²) >= 11 is 0. The summed E-state index contributed by atoms with van der Waals surface area (Å²) in [6, 6.07) is 13.7. The van der Waals surface area contributed by atoms with E-state index in [0.29, 0.717) is 17.9 Å². The van der Waals surface area contributed by atoms with Gasteiger partial charge in [0, 0.05) is 12.2 Å². The Labute approximate surface area is 177 Å². The quantitative estimate of drug-likeness (QED) is 0.693. The Morgan fingerprint density at radius 2 is 1.67 bits per heavy atom. The molecule has 0 spiro atoms. The van der Waals surface area contributed by atoms with Crippen LogP contribution in [-0.4, -0.2) is 35.3 Å². The van der Waals surface area contributed by atoms with E-state index in [-0.39, 0.29) is 30.2 Å².